The molecule has 2 rings (SSSR count). The van der Waals surface area contributed by atoms with Gasteiger partial charge in [-0.1, -0.05) is 0 Å². The van der Waals surface area contributed by atoms with Crippen molar-refractivity contribution in [2.75, 3.05) is 11.5 Å². The molecule has 24 heavy (non-hydrogen) atoms. The molecule has 0 aromatic heterocycles. The average molecular weight is 390 g/mol. The Hall–Kier alpha value is 0.0200. The van der Waals surface area contributed by atoms with Crippen LogP contribution >= 0.6 is 16.5 Å². The molecule has 0 fully saturated rings. The third kappa shape index (κ3) is 12.4. The summed E-state index contributed by atoms with van der Waals surface area (Å²) in [6, 6.07) is 12.3. The first-order valence-corrected chi connectivity index (χ1v) is 8.30. The van der Waals surface area contributed by atoms with Gasteiger partial charge in [0.1, 0.15) is 11.5 Å². The standard InChI is InChI=1S/2C6H8NO3P.2Na/c2*7-5-1-3-6(4-2-5)10-11(8)9;;/h2*1-4,11H,7H2,(H,8,9);;/q;;2*+1/p-2. The van der Waals surface area contributed by atoms with Gasteiger partial charge in [0, 0.05) is 11.4 Å². The van der Waals surface area contributed by atoms with Crippen molar-refractivity contribution in [3.63, 3.8) is 0 Å². The van der Waals surface area contributed by atoms with Gasteiger partial charge in [0.15, 0.2) is 16.5 Å². The first-order valence-electron chi connectivity index (χ1n) is 5.85. The van der Waals surface area contributed by atoms with Crippen molar-refractivity contribution in [1.82, 2.24) is 0 Å². The Bertz CT molecular complexity index is 586. The fraction of sp³-hybridized carbons (Fsp3) is 0. The molecule has 0 bridgehead atoms. The largest absolute Gasteiger partial charge is 1.00 e. The molecule has 0 saturated heterocycles. The summed E-state index contributed by atoms with van der Waals surface area (Å²) >= 11 is 0. The summed E-state index contributed by atoms with van der Waals surface area (Å²) < 4.78 is 29.0. The maximum Gasteiger partial charge on any atom is 1.00 e. The monoisotopic (exact) mass is 390 g/mol. The van der Waals surface area contributed by atoms with Crippen LogP contribution in [0, 0.1) is 0 Å². The van der Waals surface area contributed by atoms with Gasteiger partial charge < -0.3 is 30.3 Å². The zero-order valence-electron chi connectivity index (χ0n) is 13.2. The molecule has 0 spiro atoms. The van der Waals surface area contributed by atoms with Crippen LogP contribution in [-0.2, 0) is 9.13 Å². The zero-order chi connectivity index (χ0) is 16.5. The molecule has 0 radical (unpaired) electrons. The van der Waals surface area contributed by atoms with Gasteiger partial charge in [-0.05, 0) is 48.5 Å². The van der Waals surface area contributed by atoms with Crippen LogP contribution < -0.4 is 89.4 Å². The second-order valence-corrected chi connectivity index (χ2v) is 5.25. The average Bonchev–Trinajstić information content (AvgIpc) is 2.44. The van der Waals surface area contributed by atoms with Crippen molar-refractivity contribution < 1.29 is 87.1 Å². The van der Waals surface area contributed by atoms with Crippen LogP contribution in [0.3, 0.4) is 0 Å². The maximum absolute atomic E-state index is 10.1. The molecule has 8 nitrogen and oxygen atoms in total. The van der Waals surface area contributed by atoms with Crippen molar-refractivity contribution in [3.8, 4) is 11.5 Å². The molecular weight excluding hydrogens is 376 g/mol. The molecule has 2 aromatic carbocycles. The summed E-state index contributed by atoms with van der Waals surface area (Å²) in [6.45, 7) is 0. The number of rotatable bonds is 4. The van der Waals surface area contributed by atoms with E-state index in [9.17, 15) is 18.9 Å². The summed E-state index contributed by atoms with van der Waals surface area (Å²) in [4.78, 5) is 20.1. The molecule has 0 amide bonds. The van der Waals surface area contributed by atoms with Crippen molar-refractivity contribution in [2.24, 2.45) is 0 Å². The van der Waals surface area contributed by atoms with Gasteiger partial charge in [0.25, 0.3) is 0 Å². The second-order valence-electron chi connectivity index (χ2n) is 3.84. The predicted octanol–water partition coefficient (Wildman–Crippen LogP) is -5.20. The van der Waals surface area contributed by atoms with E-state index in [0.29, 0.717) is 11.4 Å². The van der Waals surface area contributed by atoms with Gasteiger partial charge in [0.2, 0.25) is 0 Å². The Morgan fingerprint density at radius 1 is 0.667 bits per heavy atom. The van der Waals surface area contributed by atoms with E-state index < -0.39 is 16.5 Å². The van der Waals surface area contributed by atoms with E-state index in [-0.39, 0.29) is 70.6 Å². The van der Waals surface area contributed by atoms with E-state index in [4.69, 9.17) is 11.5 Å². The molecule has 12 heteroatoms. The Labute approximate surface area is 185 Å². The minimum Gasteiger partial charge on any atom is -0.771 e. The minimum absolute atomic E-state index is 0. The van der Waals surface area contributed by atoms with Crippen LogP contribution in [0.4, 0.5) is 11.4 Å². The number of nitrogen functional groups attached to an aromatic ring is 2. The van der Waals surface area contributed by atoms with E-state index in [1.54, 1.807) is 24.3 Å². The van der Waals surface area contributed by atoms with E-state index >= 15 is 0 Å². The minimum atomic E-state index is -3.14. The molecule has 2 atom stereocenters. The fourth-order valence-corrected chi connectivity index (χ4v) is 1.92. The molecule has 0 aliphatic heterocycles. The van der Waals surface area contributed by atoms with Crippen LogP contribution in [0.15, 0.2) is 48.5 Å². The van der Waals surface area contributed by atoms with Crippen molar-refractivity contribution in [3.05, 3.63) is 48.5 Å². The number of anilines is 2. The van der Waals surface area contributed by atoms with Crippen LogP contribution in [0.5, 0.6) is 11.5 Å². The molecule has 0 saturated carbocycles. The molecule has 2 unspecified atom stereocenters. The molecule has 120 valence electrons. The van der Waals surface area contributed by atoms with Crippen molar-refractivity contribution >= 4 is 27.9 Å². The van der Waals surface area contributed by atoms with Gasteiger partial charge in [-0.15, -0.1) is 0 Å². The molecule has 0 heterocycles. The number of nitrogens with two attached hydrogens (primary N) is 2. The Morgan fingerprint density at radius 3 is 1.12 bits per heavy atom. The smallest absolute Gasteiger partial charge is 0.771 e. The normalized spacial score (nSPS) is 11.4. The quantitative estimate of drug-likeness (QED) is 0.299. The van der Waals surface area contributed by atoms with E-state index in [1.807, 2.05) is 0 Å². The van der Waals surface area contributed by atoms with Gasteiger partial charge in [-0.3, -0.25) is 9.13 Å². The van der Waals surface area contributed by atoms with Gasteiger partial charge in [-0.2, -0.15) is 0 Å². The summed E-state index contributed by atoms with van der Waals surface area (Å²) in [5, 5.41) is 0. The number of hydrogen-bond donors (Lipinski definition) is 2. The summed E-state index contributed by atoms with van der Waals surface area (Å²) in [5.74, 6) is 0.580. The molecular formula is C12H14N2Na2O6P2. The van der Waals surface area contributed by atoms with E-state index in [2.05, 4.69) is 9.05 Å². The van der Waals surface area contributed by atoms with Gasteiger partial charge >= 0.3 is 59.1 Å². The van der Waals surface area contributed by atoms with E-state index in [1.165, 1.54) is 24.3 Å². The molecule has 0 aliphatic carbocycles. The molecule has 0 aliphatic rings. The Balaban J connectivity index is 0. The van der Waals surface area contributed by atoms with Crippen LogP contribution in [0.1, 0.15) is 0 Å². The van der Waals surface area contributed by atoms with E-state index in [0.717, 1.165) is 0 Å². The predicted molar refractivity (Wildman–Crippen MR) is 81.0 cm³/mol. The van der Waals surface area contributed by atoms with Crippen LogP contribution in [-0.4, -0.2) is 0 Å². The topological polar surface area (TPSA) is 151 Å². The van der Waals surface area contributed by atoms with Gasteiger partial charge in [0.05, 0.1) is 0 Å². The maximum atomic E-state index is 10.1. The number of hydrogen-bond acceptors (Lipinski definition) is 8. The first kappa shape index (κ1) is 26.3. The zero-order valence-corrected chi connectivity index (χ0v) is 19.2. The third-order valence-electron chi connectivity index (χ3n) is 2.16. The van der Waals surface area contributed by atoms with Gasteiger partial charge in [-0.25, -0.2) is 0 Å². The Kier molecular flexibility index (Phi) is 15.6. The van der Waals surface area contributed by atoms with Crippen molar-refractivity contribution in [2.45, 2.75) is 0 Å². The first-order chi connectivity index (χ1) is 10.4. The second kappa shape index (κ2) is 14.2. The Morgan fingerprint density at radius 2 is 0.917 bits per heavy atom. The van der Waals surface area contributed by atoms with Crippen LogP contribution in [0.2, 0.25) is 0 Å². The summed E-state index contributed by atoms with van der Waals surface area (Å²) in [6.07, 6.45) is 0. The van der Waals surface area contributed by atoms with Crippen molar-refractivity contribution in [1.29, 1.82) is 0 Å². The summed E-state index contributed by atoms with van der Waals surface area (Å²) in [7, 11) is -6.28. The summed E-state index contributed by atoms with van der Waals surface area (Å²) in [5.41, 5.74) is 11.9. The fourth-order valence-electron chi connectivity index (χ4n) is 1.26. The molecule has 4 N–H and O–H groups in total. The van der Waals surface area contributed by atoms with Crippen LogP contribution in [0.25, 0.3) is 0 Å². The SMILES string of the molecule is Nc1ccc(O[PH](=O)[O-])cc1.Nc1ccc(O[PH](=O)[O-])cc1.[Na+].[Na+]. The number of benzene rings is 2. The third-order valence-corrected chi connectivity index (χ3v) is 2.97. The molecule has 2 aromatic rings.